The third-order valence-electron chi connectivity index (χ3n) is 2.29. The van der Waals surface area contributed by atoms with Gasteiger partial charge < -0.3 is 10.1 Å². The lowest BCUT2D eigenvalue weighted by atomic mass is 10.0. The van der Waals surface area contributed by atoms with Gasteiger partial charge in [-0.2, -0.15) is 0 Å². The normalized spacial score (nSPS) is 14.4. The smallest absolute Gasteiger partial charge is 0.339 e. The number of anilines is 1. The van der Waals surface area contributed by atoms with Crippen molar-refractivity contribution >= 4 is 17.4 Å². The molecule has 1 aromatic heterocycles. The van der Waals surface area contributed by atoms with E-state index in [1.54, 1.807) is 6.20 Å². The molecule has 0 aromatic carbocycles. The summed E-state index contributed by atoms with van der Waals surface area (Å²) in [4.78, 5) is 16.2. The van der Waals surface area contributed by atoms with E-state index in [9.17, 15) is 4.79 Å². The van der Waals surface area contributed by atoms with E-state index < -0.39 is 5.60 Å². The number of hydrogen-bond donors (Lipinski definition) is 1. The van der Waals surface area contributed by atoms with E-state index in [-0.39, 0.29) is 5.97 Å². The highest BCUT2D eigenvalue weighted by Crippen LogP contribution is 2.27. The fourth-order valence-electron chi connectivity index (χ4n) is 1.65. The number of nitrogens with one attached hydrogen (secondary N) is 1. The van der Waals surface area contributed by atoms with Crippen molar-refractivity contribution in [2.75, 3.05) is 11.9 Å². The molecule has 1 aliphatic heterocycles. The second-order valence-electron chi connectivity index (χ2n) is 4.90. The van der Waals surface area contributed by atoms with Gasteiger partial charge in [-0.1, -0.05) is 6.08 Å². The van der Waals surface area contributed by atoms with Gasteiger partial charge in [0.15, 0.2) is 0 Å². The van der Waals surface area contributed by atoms with Crippen molar-refractivity contribution < 1.29 is 9.53 Å². The summed E-state index contributed by atoms with van der Waals surface area (Å²) in [6.45, 7) is 6.17. The van der Waals surface area contributed by atoms with E-state index in [4.69, 9.17) is 4.74 Å². The molecular formula is C13H16N2O2. The molecule has 4 heteroatoms. The Kier molecular flexibility index (Phi) is 2.88. The fraction of sp³-hybridized carbons (Fsp3) is 0.385. The van der Waals surface area contributed by atoms with E-state index >= 15 is 0 Å². The van der Waals surface area contributed by atoms with Crippen LogP contribution in [0.3, 0.4) is 0 Å². The molecule has 0 bridgehead atoms. The van der Waals surface area contributed by atoms with E-state index in [1.165, 1.54) is 0 Å². The maximum absolute atomic E-state index is 12.0. The van der Waals surface area contributed by atoms with Gasteiger partial charge >= 0.3 is 5.97 Å². The number of esters is 1. The number of rotatable bonds is 1. The predicted molar refractivity (Wildman–Crippen MR) is 66.5 cm³/mol. The molecule has 0 saturated carbocycles. The van der Waals surface area contributed by atoms with E-state index in [1.807, 2.05) is 39.0 Å². The molecule has 0 spiro atoms. The standard InChI is InChI=1S/C13H16N2O2/c1-13(2,3)17-12(16)10-6-8-15-11-9(10)5-4-7-14-11/h4-7H,8H2,1-3H3,(H,14,15). The molecule has 0 radical (unpaired) electrons. The largest absolute Gasteiger partial charge is 0.456 e. The molecule has 2 rings (SSSR count). The van der Waals surface area contributed by atoms with Crippen molar-refractivity contribution in [1.82, 2.24) is 4.98 Å². The van der Waals surface area contributed by atoms with Crippen LogP contribution in [0.5, 0.6) is 0 Å². The zero-order valence-electron chi connectivity index (χ0n) is 10.3. The molecule has 0 unspecified atom stereocenters. The Hall–Kier alpha value is -1.84. The van der Waals surface area contributed by atoms with Crippen LogP contribution < -0.4 is 5.32 Å². The Balaban J connectivity index is 2.28. The Labute approximate surface area is 101 Å². The van der Waals surface area contributed by atoms with Gasteiger partial charge in [0.2, 0.25) is 0 Å². The number of aromatic nitrogens is 1. The summed E-state index contributed by atoms with van der Waals surface area (Å²) in [5.74, 6) is 0.434. The number of ether oxygens (including phenoxy) is 1. The summed E-state index contributed by atoms with van der Waals surface area (Å²) < 4.78 is 5.37. The Morgan fingerprint density at radius 2 is 2.24 bits per heavy atom. The van der Waals surface area contributed by atoms with Crippen LogP contribution >= 0.6 is 0 Å². The summed E-state index contributed by atoms with van der Waals surface area (Å²) in [7, 11) is 0. The van der Waals surface area contributed by atoms with Crippen molar-refractivity contribution in [3.63, 3.8) is 0 Å². The second kappa shape index (κ2) is 4.20. The topological polar surface area (TPSA) is 51.2 Å². The van der Waals surface area contributed by atoms with Crippen molar-refractivity contribution in [2.24, 2.45) is 0 Å². The first-order valence-corrected chi connectivity index (χ1v) is 5.60. The first kappa shape index (κ1) is 11.6. The minimum Gasteiger partial charge on any atom is -0.456 e. The van der Waals surface area contributed by atoms with E-state index in [2.05, 4.69) is 10.3 Å². The quantitative estimate of drug-likeness (QED) is 0.754. The number of nitrogens with zero attached hydrogens (tertiary/aromatic N) is 1. The summed E-state index contributed by atoms with van der Waals surface area (Å²) in [5.41, 5.74) is 0.903. The van der Waals surface area contributed by atoms with Gasteiger partial charge in [0, 0.05) is 18.3 Å². The van der Waals surface area contributed by atoms with Gasteiger partial charge in [-0.3, -0.25) is 0 Å². The monoisotopic (exact) mass is 232 g/mol. The summed E-state index contributed by atoms with van der Waals surface area (Å²) in [5, 5.41) is 3.12. The lowest BCUT2D eigenvalue weighted by Gasteiger charge is -2.23. The van der Waals surface area contributed by atoms with Crippen molar-refractivity contribution in [3.8, 4) is 0 Å². The fourth-order valence-corrected chi connectivity index (χ4v) is 1.65. The van der Waals surface area contributed by atoms with Gasteiger partial charge in [-0.05, 0) is 32.9 Å². The van der Waals surface area contributed by atoms with Gasteiger partial charge in [0.05, 0.1) is 5.57 Å². The Bertz CT molecular complexity index is 473. The molecule has 0 fully saturated rings. The van der Waals surface area contributed by atoms with Crippen LogP contribution in [0.1, 0.15) is 26.3 Å². The average Bonchev–Trinajstić information content (AvgIpc) is 2.26. The lowest BCUT2D eigenvalue weighted by Crippen LogP contribution is -2.26. The molecule has 1 aromatic rings. The highest BCUT2D eigenvalue weighted by Gasteiger charge is 2.24. The molecule has 0 aliphatic carbocycles. The molecule has 90 valence electrons. The molecular weight excluding hydrogens is 216 g/mol. The van der Waals surface area contributed by atoms with Crippen LogP contribution in [0.2, 0.25) is 0 Å². The SMILES string of the molecule is CC(C)(C)OC(=O)C1=CCNc2ncccc21. The van der Waals surface area contributed by atoms with E-state index in [0.717, 1.165) is 11.4 Å². The van der Waals surface area contributed by atoms with Gasteiger partial charge in [0.25, 0.3) is 0 Å². The molecule has 2 heterocycles. The Morgan fingerprint density at radius 3 is 2.94 bits per heavy atom. The molecule has 1 N–H and O–H groups in total. The maximum Gasteiger partial charge on any atom is 0.339 e. The zero-order valence-corrected chi connectivity index (χ0v) is 10.3. The number of pyridine rings is 1. The third-order valence-corrected chi connectivity index (χ3v) is 2.29. The highest BCUT2D eigenvalue weighted by atomic mass is 16.6. The molecule has 0 amide bonds. The van der Waals surface area contributed by atoms with Crippen molar-refractivity contribution in [3.05, 3.63) is 30.0 Å². The zero-order chi connectivity index (χ0) is 12.5. The van der Waals surface area contributed by atoms with Crippen molar-refractivity contribution in [1.29, 1.82) is 0 Å². The van der Waals surface area contributed by atoms with Gasteiger partial charge in [-0.15, -0.1) is 0 Å². The molecule has 0 atom stereocenters. The minimum atomic E-state index is -0.481. The number of hydrogen-bond acceptors (Lipinski definition) is 4. The maximum atomic E-state index is 12.0. The average molecular weight is 232 g/mol. The number of carbonyl (C=O) groups excluding carboxylic acids is 1. The second-order valence-corrected chi connectivity index (χ2v) is 4.90. The number of carbonyl (C=O) groups is 1. The third kappa shape index (κ3) is 2.64. The first-order valence-electron chi connectivity index (χ1n) is 5.60. The molecule has 17 heavy (non-hydrogen) atoms. The predicted octanol–water partition coefficient (Wildman–Crippen LogP) is 2.23. The molecule has 1 aliphatic rings. The number of fused-ring (bicyclic) bond motifs is 1. The molecule has 0 saturated heterocycles. The lowest BCUT2D eigenvalue weighted by molar-refractivity contribution is -0.147. The molecule has 4 nitrogen and oxygen atoms in total. The van der Waals surface area contributed by atoms with E-state index in [0.29, 0.717) is 12.1 Å². The van der Waals surface area contributed by atoms with Crippen LogP contribution in [0.25, 0.3) is 5.57 Å². The van der Waals surface area contributed by atoms with Crippen LogP contribution in [0.4, 0.5) is 5.82 Å². The van der Waals surface area contributed by atoms with Gasteiger partial charge in [-0.25, -0.2) is 9.78 Å². The van der Waals surface area contributed by atoms with Crippen LogP contribution in [-0.4, -0.2) is 23.1 Å². The summed E-state index contributed by atoms with van der Waals surface area (Å²) >= 11 is 0. The summed E-state index contributed by atoms with van der Waals surface area (Å²) in [6.07, 6.45) is 3.53. The Morgan fingerprint density at radius 1 is 1.47 bits per heavy atom. The van der Waals surface area contributed by atoms with Crippen LogP contribution in [0, 0.1) is 0 Å². The highest BCUT2D eigenvalue weighted by molar-refractivity contribution is 6.18. The van der Waals surface area contributed by atoms with Crippen LogP contribution in [-0.2, 0) is 9.53 Å². The van der Waals surface area contributed by atoms with Crippen LogP contribution in [0.15, 0.2) is 24.4 Å². The van der Waals surface area contributed by atoms with Gasteiger partial charge in [0.1, 0.15) is 11.4 Å². The minimum absolute atomic E-state index is 0.298. The summed E-state index contributed by atoms with van der Waals surface area (Å²) in [6, 6.07) is 3.67. The van der Waals surface area contributed by atoms with Crippen molar-refractivity contribution in [2.45, 2.75) is 26.4 Å². The first-order chi connectivity index (χ1) is 7.97.